The molecule has 0 saturated carbocycles. The van der Waals surface area contributed by atoms with Crippen molar-refractivity contribution in [2.45, 2.75) is 52.1 Å². The molecule has 1 aliphatic rings. The van der Waals surface area contributed by atoms with Crippen LogP contribution in [0.4, 0.5) is 4.79 Å². The van der Waals surface area contributed by atoms with Crippen LogP contribution in [0.2, 0.25) is 0 Å². The number of amides is 1. The van der Waals surface area contributed by atoms with Crippen molar-refractivity contribution in [1.29, 1.82) is 0 Å². The van der Waals surface area contributed by atoms with Gasteiger partial charge in [0.15, 0.2) is 5.82 Å². The normalized spacial score (nSPS) is 17.6. The van der Waals surface area contributed by atoms with E-state index in [4.69, 9.17) is 9.26 Å². The molecule has 1 saturated heterocycles. The first-order valence-corrected chi connectivity index (χ1v) is 6.63. The van der Waals surface area contributed by atoms with Crippen molar-refractivity contribution in [3.63, 3.8) is 0 Å². The number of carbonyl (C=O) groups excluding carboxylic acids is 1. The monoisotopic (exact) mass is 267 g/mol. The highest BCUT2D eigenvalue weighted by molar-refractivity contribution is 5.68. The number of aryl methyl sites for hydroxylation is 1. The number of aromatic nitrogens is 2. The molecule has 6 heteroatoms. The highest BCUT2D eigenvalue weighted by Crippen LogP contribution is 2.26. The van der Waals surface area contributed by atoms with Crippen LogP contribution in [0.15, 0.2) is 4.52 Å². The molecule has 2 rings (SSSR count). The topological polar surface area (TPSA) is 68.5 Å². The maximum Gasteiger partial charge on any atom is 0.410 e. The summed E-state index contributed by atoms with van der Waals surface area (Å²) in [5.41, 5.74) is -0.446. The summed E-state index contributed by atoms with van der Waals surface area (Å²) >= 11 is 0. The predicted molar refractivity (Wildman–Crippen MR) is 68.8 cm³/mol. The van der Waals surface area contributed by atoms with Crippen molar-refractivity contribution in [3.8, 4) is 0 Å². The van der Waals surface area contributed by atoms with Crippen LogP contribution >= 0.6 is 0 Å². The molecule has 1 fully saturated rings. The van der Waals surface area contributed by atoms with Crippen LogP contribution in [0.1, 0.15) is 51.2 Å². The van der Waals surface area contributed by atoms with Crippen LogP contribution in [0.5, 0.6) is 0 Å². The Morgan fingerprint density at radius 1 is 1.37 bits per heavy atom. The van der Waals surface area contributed by atoms with Gasteiger partial charge < -0.3 is 14.2 Å². The smallest absolute Gasteiger partial charge is 0.410 e. The second-order valence-electron chi connectivity index (χ2n) is 5.91. The van der Waals surface area contributed by atoms with Crippen molar-refractivity contribution >= 4 is 6.09 Å². The maximum atomic E-state index is 11.9. The van der Waals surface area contributed by atoms with E-state index in [1.165, 1.54) is 0 Å². The lowest BCUT2D eigenvalue weighted by atomic mass is 9.96. The van der Waals surface area contributed by atoms with Crippen molar-refractivity contribution in [3.05, 3.63) is 11.7 Å². The number of likely N-dealkylation sites (tertiary alicyclic amines) is 1. The van der Waals surface area contributed by atoms with Gasteiger partial charge in [0.05, 0.1) is 0 Å². The third-order valence-corrected chi connectivity index (χ3v) is 3.06. The molecule has 0 N–H and O–H groups in total. The second kappa shape index (κ2) is 5.19. The number of rotatable bonds is 1. The van der Waals surface area contributed by atoms with Crippen molar-refractivity contribution in [1.82, 2.24) is 15.0 Å². The summed E-state index contributed by atoms with van der Waals surface area (Å²) in [6, 6.07) is 0. The van der Waals surface area contributed by atoms with Crippen molar-refractivity contribution in [2.75, 3.05) is 13.1 Å². The van der Waals surface area contributed by atoms with Crippen molar-refractivity contribution in [2.24, 2.45) is 0 Å². The van der Waals surface area contributed by atoms with Gasteiger partial charge in [0, 0.05) is 25.9 Å². The molecule has 1 aromatic rings. The molecule has 0 aliphatic carbocycles. The summed E-state index contributed by atoms with van der Waals surface area (Å²) in [5.74, 6) is 1.61. The summed E-state index contributed by atoms with van der Waals surface area (Å²) in [6.45, 7) is 8.76. The number of hydrogen-bond donors (Lipinski definition) is 0. The zero-order valence-electron chi connectivity index (χ0n) is 12.0. The van der Waals surface area contributed by atoms with E-state index in [0.717, 1.165) is 18.7 Å². The zero-order chi connectivity index (χ0) is 14.0. The average Bonchev–Trinajstić information content (AvgIpc) is 2.74. The maximum absolute atomic E-state index is 11.9. The molecule has 0 bridgehead atoms. The minimum atomic E-state index is -0.446. The van der Waals surface area contributed by atoms with Crippen LogP contribution in [-0.4, -0.2) is 39.8 Å². The Hall–Kier alpha value is -1.59. The molecule has 106 valence electrons. The van der Waals surface area contributed by atoms with E-state index < -0.39 is 5.60 Å². The SMILES string of the molecule is Cc1nc(C2CCN(C(=O)OC(C)(C)C)CC2)no1. The summed E-state index contributed by atoms with van der Waals surface area (Å²) in [5, 5.41) is 3.95. The molecule has 0 aromatic carbocycles. The van der Waals surface area contributed by atoms with E-state index in [9.17, 15) is 4.79 Å². The quantitative estimate of drug-likeness (QED) is 0.782. The van der Waals surface area contributed by atoms with Gasteiger partial charge in [-0.2, -0.15) is 4.98 Å². The first kappa shape index (κ1) is 13.8. The number of ether oxygens (including phenoxy) is 1. The van der Waals surface area contributed by atoms with Crippen LogP contribution in [-0.2, 0) is 4.74 Å². The Kier molecular flexibility index (Phi) is 3.78. The predicted octanol–water partition coefficient (Wildman–Crippen LogP) is 2.49. The zero-order valence-corrected chi connectivity index (χ0v) is 12.0. The number of piperidine rings is 1. The standard InChI is InChI=1S/C13H21N3O3/c1-9-14-11(15-19-9)10-5-7-16(8-6-10)12(17)18-13(2,3)4/h10H,5-8H2,1-4H3. The molecule has 0 unspecified atom stereocenters. The van der Waals surface area contributed by atoms with E-state index in [0.29, 0.717) is 19.0 Å². The van der Waals surface area contributed by atoms with E-state index in [1.807, 2.05) is 20.8 Å². The molecular formula is C13H21N3O3. The molecule has 1 amide bonds. The minimum absolute atomic E-state index is 0.241. The lowest BCUT2D eigenvalue weighted by molar-refractivity contribution is 0.0203. The third kappa shape index (κ3) is 3.68. The van der Waals surface area contributed by atoms with Crippen LogP contribution < -0.4 is 0 Å². The Morgan fingerprint density at radius 2 is 2.00 bits per heavy atom. The van der Waals surface area contributed by atoms with Gasteiger partial charge in [0.2, 0.25) is 5.89 Å². The van der Waals surface area contributed by atoms with E-state index in [-0.39, 0.29) is 12.0 Å². The lowest BCUT2D eigenvalue weighted by Crippen LogP contribution is -2.41. The summed E-state index contributed by atoms with van der Waals surface area (Å²) in [6.07, 6.45) is 1.45. The highest BCUT2D eigenvalue weighted by Gasteiger charge is 2.29. The van der Waals surface area contributed by atoms with Gasteiger partial charge in [-0.25, -0.2) is 4.79 Å². The Morgan fingerprint density at radius 3 is 2.47 bits per heavy atom. The molecule has 1 aromatic heterocycles. The van der Waals surface area contributed by atoms with Crippen LogP contribution in [0, 0.1) is 6.92 Å². The first-order chi connectivity index (χ1) is 8.85. The number of hydrogen-bond acceptors (Lipinski definition) is 5. The molecule has 0 atom stereocenters. The molecule has 19 heavy (non-hydrogen) atoms. The van der Waals surface area contributed by atoms with Gasteiger partial charge in [-0.05, 0) is 33.6 Å². The number of carbonyl (C=O) groups is 1. The Balaban J connectivity index is 1.87. The molecule has 6 nitrogen and oxygen atoms in total. The van der Waals surface area contributed by atoms with Crippen molar-refractivity contribution < 1.29 is 14.1 Å². The fraction of sp³-hybridized carbons (Fsp3) is 0.769. The molecule has 0 spiro atoms. The van der Waals surface area contributed by atoms with E-state index >= 15 is 0 Å². The Labute approximate surface area is 113 Å². The fourth-order valence-corrected chi connectivity index (χ4v) is 2.13. The third-order valence-electron chi connectivity index (χ3n) is 3.06. The van der Waals surface area contributed by atoms with Gasteiger partial charge in [0.25, 0.3) is 0 Å². The molecule has 2 heterocycles. The average molecular weight is 267 g/mol. The molecule has 1 aliphatic heterocycles. The lowest BCUT2D eigenvalue weighted by Gasteiger charge is -2.32. The van der Waals surface area contributed by atoms with E-state index in [1.54, 1.807) is 11.8 Å². The van der Waals surface area contributed by atoms with Gasteiger partial charge in [-0.3, -0.25) is 0 Å². The van der Waals surface area contributed by atoms with Gasteiger partial charge in [0.1, 0.15) is 5.60 Å². The minimum Gasteiger partial charge on any atom is -0.444 e. The summed E-state index contributed by atoms with van der Waals surface area (Å²) in [7, 11) is 0. The summed E-state index contributed by atoms with van der Waals surface area (Å²) in [4.78, 5) is 17.9. The Bertz CT molecular complexity index is 442. The number of nitrogens with zero attached hydrogens (tertiary/aromatic N) is 3. The van der Waals surface area contributed by atoms with Gasteiger partial charge in [-0.1, -0.05) is 5.16 Å². The van der Waals surface area contributed by atoms with Crippen LogP contribution in [0.25, 0.3) is 0 Å². The first-order valence-electron chi connectivity index (χ1n) is 6.63. The fourth-order valence-electron chi connectivity index (χ4n) is 2.13. The second-order valence-corrected chi connectivity index (χ2v) is 5.91. The van der Waals surface area contributed by atoms with Gasteiger partial charge >= 0.3 is 6.09 Å². The largest absolute Gasteiger partial charge is 0.444 e. The summed E-state index contributed by atoms with van der Waals surface area (Å²) < 4.78 is 10.4. The van der Waals surface area contributed by atoms with Crippen LogP contribution in [0.3, 0.4) is 0 Å². The molecular weight excluding hydrogens is 246 g/mol. The molecule has 0 radical (unpaired) electrons. The van der Waals surface area contributed by atoms with Gasteiger partial charge in [-0.15, -0.1) is 0 Å². The highest BCUT2D eigenvalue weighted by atomic mass is 16.6. The van der Waals surface area contributed by atoms with E-state index in [2.05, 4.69) is 10.1 Å².